The number of aryl methyl sites for hydroxylation is 1. The minimum absolute atomic E-state index is 0.270. The summed E-state index contributed by atoms with van der Waals surface area (Å²) in [5.74, 6) is 0.527. The third kappa shape index (κ3) is 4.85. The summed E-state index contributed by atoms with van der Waals surface area (Å²) in [4.78, 5) is 0. The van der Waals surface area contributed by atoms with Gasteiger partial charge in [-0.3, -0.25) is 0 Å². The maximum absolute atomic E-state index is 13.5. The summed E-state index contributed by atoms with van der Waals surface area (Å²) in [7, 11) is 0. The normalized spacial score (nSPS) is 11.8. The van der Waals surface area contributed by atoms with E-state index in [1.165, 1.54) is 12.1 Å². The zero-order valence-electron chi connectivity index (χ0n) is 13.1. The first-order chi connectivity index (χ1) is 9.26. The number of benzene rings is 1. The van der Waals surface area contributed by atoms with Crippen LogP contribution in [0.4, 0.5) is 10.1 Å². The number of nitrogens with one attached hydrogen (secondary N) is 1. The van der Waals surface area contributed by atoms with Gasteiger partial charge in [0.05, 0.1) is 6.07 Å². The molecule has 0 amide bonds. The molecule has 0 aliphatic carbocycles. The molecule has 110 valence electrons. The molecule has 20 heavy (non-hydrogen) atoms. The van der Waals surface area contributed by atoms with Crippen molar-refractivity contribution in [2.24, 2.45) is 11.8 Å². The molecule has 0 unspecified atom stereocenters. The fraction of sp³-hybridized carbons (Fsp3) is 0.588. The summed E-state index contributed by atoms with van der Waals surface area (Å²) in [5, 5.41) is 13.0. The molecule has 1 aromatic carbocycles. The predicted molar refractivity (Wildman–Crippen MR) is 82.0 cm³/mol. The van der Waals surface area contributed by atoms with Crippen molar-refractivity contribution in [1.29, 1.82) is 5.26 Å². The predicted octanol–water partition coefficient (Wildman–Crippen LogP) is 4.90. The molecule has 0 aliphatic rings. The first-order valence-electron chi connectivity index (χ1n) is 7.23. The molecular weight excluding hydrogens is 251 g/mol. The number of nitrogens with zero attached hydrogens (tertiary/aromatic N) is 1. The second-order valence-corrected chi connectivity index (χ2v) is 6.53. The Kier molecular flexibility index (Phi) is 5.56. The zero-order chi connectivity index (χ0) is 15.3. The van der Waals surface area contributed by atoms with E-state index in [2.05, 4.69) is 39.1 Å². The van der Waals surface area contributed by atoms with Crippen molar-refractivity contribution in [2.75, 3.05) is 5.32 Å². The van der Waals surface area contributed by atoms with E-state index in [1.807, 2.05) is 13.0 Å². The molecule has 0 radical (unpaired) electrons. The molecule has 1 N–H and O–H groups in total. The lowest BCUT2D eigenvalue weighted by molar-refractivity contribution is 0.375. The summed E-state index contributed by atoms with van der Waals surface area (Å²) in [5.41, 5.74) is 0.904. The minimum atomic E-state index is -0.636. The molecular formula is C17H25FN2. The Morgan fingerprint density at radius 2 is 1.70 bits per heavy atom. The van der Waals surface area contributed by atoms with Crippen LogP contribution in [0.5, 0.6) is 0 Å². The van der Waals surface area contributed by atoms with Gasteiger partial charge in [-0.25, -0.2) is 4.39 Å². The number of hydrogen-bond donors (Lipinski definition) is 1. The summed E-state index contributed by atoms with van der Waals surface area (Å²) in [6.07, 6.45) is 1.49. The molecule has 0 saturated heterocycles. The summed E-state index contributed by atoms with van der Waals surface area (Å²) in [6.45, 7) is 10.3. The summed E-state index contributed by atoms with van der Waals surface area (Å²) in [6, 6.07) is 7.27. The molecule has 0 saturated carbocycles. The van der Waals surface area contributed by atoms with Crippen molar-refractivity contribution >= 4 is 5.69 Å². The van der Waals surface area contributed by atoms with Crippen molar-refractivity contribution in [2.45, 2.75) is 53.0 Å². The van der Waals surface area contributed by atoms with Crippen LogP contribution in [0.25, 0.3) is 0 Å². The third-order valence-corrected chi connectivity index (χ3v) is 3.15. The monoisotopic (exact) mass is 276 g/mol. The zero-order valence-corrected chi connectivity index (χ0v) is 13.1. The van der Waals surface area contributed by atoms with E-state index in [-0.39, 0.29) is 5.82 Å². The van der Waals surface area contributed by atoms with Crippen LogP contribution in [-0.2, 0) is 0 Å². The second-order valence-electron chi connectivity index (χ2n) is 6.53. The van der Waals surface area contributed by atoms with Crippen LogP contribution in [0.2, 0.25) is 0 Å². The Labute approximate surface area is 122 Å². The summed E-state index contributed by atoms with van der Waals surface area (Å²) >= 11 is 0. The van der Waals surface area contributed by atoms with E-state index in [9.17, 15) is 9.65 Å². The van der Waals surface area contributed by atoms with Gasteiger partial charge in [-0.15, -0.1) is 0 Å². The Bertz CT molecular complexity index is 456. The topological polar surface area (TPSA) is 35.8 Å². The number of hydrogen-bond acceptors (Lipinski definition) is 2. The maximum Gasteiger partial charge on any atom is 0.125 e. The van der Waals surface area contributed by atoms with Crippen LogP contribution < -0.4 is 5.32 Å². The first-order valence-corrected chi connectivity index (χ1v) is 7.23. The molecule has 3 heteroatoms. The number of halogens is 1. The Balaban J connectivity index is 3.07. The van der Waals surface area contributed by atoms with E-state index in [4.69, 9.17) is 0 Å². The highest BCUT2D eigenvalue weighted by Gasteiger charge is 2.32. The van der Waals surface area contributed by atoms with Gasteiger partial charge >= 0.3 is 0 Å². The highest BCUT2D eigenvalue weighted by atomic mass is 19.1. The van der Waals surface area contributed by atoms with Gasteiger partial charge in [-0.05, 0) is 55.4 Å². The highest BCUT2D eigenvalue weighted by molar-refractivity contribution is 5.50. The standard InChI is InChI=1S/C17H25FN2/c1-12(2)9-17(11-19,10-13(3)4)20-16-7-14(5)6-15(18)8-16/h6-8,12-13,20H,9-10H2,1-5H3. The SMILES string of the molecule is Cc1cc(F)cc(NC(C#N)(CC(C)C)CC(C)C)c1. The van der Waals surface area contributed by atoms with Gasteiger partial charge < -0.3 is 5.32 Å². The lowest BCUT2D eigenvalue weighted by Crippen LogP contribution is -2.39. The van der Waals surface area contributed by atoms with E-state index >= 15 is 0 Å². The van der Waals surface area contributed by atoms with Gasteiger partial charge in [0.15, 0.2) is 0 Å². The molecule has 0 aromatic heterocycles. The van der Waals surface area contributed by atoms with Crippen LogP contribution in [0.1, 0.15) is 46.1 Å². The second kappa shape index (κ2) is 6.74. The Morgan fingerprint density at radius 3 is 2.10 bits per heavy atom. The van der Waals surface area contributed by atoms with Crippen molar-refractivity contribution in [3.63, 3.8) is 0 Å². The lowest BCUT2D eigenvalue weighted by atomic mass is 9.82. The maximum atomic E-state index is 13.5. The summed E-state index contributed by atoms with van der Waals surface area (Å²) < 4.78 is 13.5. The van der Waals surface area contributed by atoms with Crippen molar-refractivity contribution in [3.8, 4) is 6.07 Å². The van der Waals surface area contributed by atoms with E-state index in [0.29, 0.717) is 17.5 Å². The molecule has 0 aliphatic heterocycles. The van der Waals surface area contributed by atoms with Gasteiger partial charge in [0.1, 0.15) is 11.4 Å². The first kappa shape index (κ1) is 16.5. The fourth-order valence-corrected chi connectivity index (χ4v) is 2.78. The largest absolute Gasteiger partial charge is 0.367 e. The minimum Gasteiger partial charge on any atom is -0.367 e. The van der Waals surface area contributed by atoms with Crippen molar-refractivity contribution < 1.29 is 4.39 Å². The Morgan fingerprint density at radius 1 is 1.15 bits per heavy atom. The molecule has 0 atom stereocenters. The van der Waals surface area contributed by atoms with E-state index in [1.54, 1.807) is 0 Å². The molecule has 0 spiro atoms. The average Bonchev–Trinajstić information content (AvgIpc) is 2.25. The van der Waals surface area contributed by atoms with Gasteiger partial charge in [0, 0.05) is 5.69 Å². The average molecular weight is 276 g/mol. The fourth-order valence-electron chi connectivity index (χ4n) is 2.78. The van der Waals surface area contributed by atoms with E-state index in [0.717, 1.165) is 18.4 Å². The number of anilines is 1. The lowest BCUT2D eigenvalue weighted by Gasteiger charge is -2.32. The smallest absolute Gasteiger partial charge is 0.125 e. The third-order valence-electron chi connectivity index (χ3n) is 3.15. The molecule has 1 aromatic rings. The van der Waals surface area contributed by atoms with E-state index < -0.39 is 5.54 Å². The van der Waals surface area contributed by atoms with Crippen molar-refractivity contribution in [1.82, 2.24) is 0 Å². The highest BCUT2D eigenvalue weighted by Crippen LogP contribution is 2.29. The number of rotatable bonds is 6. The van der Waals surface area contributed by atoms with Crippen LogP contribution >= 0.6 is 0 Å². The van der Waals surface area contributed by atoms with Crippen molar-refractivity contribution in [3.05, 3.63) is 29.6 Å². The molecule has 0 bridgehead atoms. The number of nitriles is 1. The van der Waals surface area contributed by atoms with Gasteiger partial charge in [-0.1, -0.05) is 27.7 Å². The molecule has 0 heterocycles. The molecule has 2 nitrogen and oxygen atoms in total. The van der Waals surface area contributed by atoms with Crippen LogP contribution in [0.3, 0.4) is 0 Å². The molecule has 1 rings (SSSR count). The van der Waals surface area contributed by atoms with Gasteiger partial charge in [0.2, 0.25) is 0 Å². The van der Waals surface area contributed by atoms with Gasteiger partial charge in [-0.2, -0.15) is 5.26 Å². The van der Waals surface area contributed by atoms with Crippen LogP contribution in [0.15, 0.2) is 18.2 Å². The quantitative estimate of drug-likeness (QED) is 0.802. The van der Waals surface area contributed by atoms with Crippen LogP contribution in [-0.4, -0.2) is 5.54 Å². The Hall–Kier alpha value is -1.56. The van der Waals surface area contributed by atoms with Gasteiger partial charge in [0.25, 0.3) is 0 Å². The van der Waals surface area contributed by atoms with Crippen LogP contribution in [0, 0.1) is 35.9 Å². The molecule has 0 fully saturated rings.